The van der Waals surface area contributed by atoms with Crippen molar-refractivity contribution in [1.82, 2.24) is 9.80 Å². The molecule has 1 aliphatic carbocycles. The molecule has 5 heteroatoms. The van der Waals surface area contributed by atoms with Crippen molar-refractivity contribution in [2.45, 2.75) is 33.1 Å². The lowest BCUT2D eigenvalue weighted by Gasteiger charge is -2.37. The number of rotatable bonds is 3. The molecule has 2 saturated heterocycles. The lowest BCUT2D eigenvalue weighted by molar-refractivity contribution is -0.134. The number of nitrogens with zero attached hydrogens (tertiary/aromatic N) is 3. The molecule has 1 atom stereocenters. The van der Waals surface area contributed by atoms with Gasteiger partial charge >= 0.3 is 0 Å². The van der Waals surface area contributed by atoms with E-state index >= 15 is 0 Å². The standard InChI is InChI=1S/C27H33N3O2/c1-20-8-9-22(18-21(20)2)25(31)29-12-10-27(11-13-29)19-24(27)26(32)30-16-14-28(15-17-30)23-6-4-3-5-7-23/h3-9,18,24H,10-17,19H2,1-2H3. The van der Waals surface area contributed by atoms with Gasteiger partial charge in [0.25, 0.3) is 5.91 Å². The topological polar surface area (TPSA) is 43.9 Å². The van der Waals surface area contributed by atoms with Crippen molar-refractivity contribution in [2.75, 3.05) is 44.2 Å². The maximum atomic E-state index is 13.2. The van der Waals surface area contributed by atoms with Gasteiger partial charge in [0.2, 0.25) is 5.91 Å². The Morgan fingerprint density at radius 2 is 1.50 bits per heavy atom. The molecule has 32 heavy (non-hydrogen) atoms. The Morgan fingerprint density at radius 1 is 0.812 bits per heavy atom. The molecule has 2 amide bonds. The lowest BCUT2D eigenvalue weighted by atomic mass is 9.90. The monoisotopic (exact) mass is 431 g/mol. The average Bonchev–Trinajstić information content (AvgIpc) is 3.54. The molecule has 5 rings (SSSR count). The van der Waals surface area contributed by atoms with Crippen LogP contribution in [-0.2, 0) is 4.79 Å². The van der Waals surface area contributed by atoms with Gasteiger partial charge < -0.3 is 14.7 Å². The number of aryl methyl sites for hydroxylation is 2. The van der Waals surface area contributed by atoms with E-state index in [4.69, 9.17) is 0 Å². The van der Waals surface area contributed by atoms with Crippen LogP contribution < -0.4 is 4.90 Å². The number of piperazine rings is 1. The molecule has 0 radical (unpaired) electrons. The molecule has 1 spiro atoms. The average molecular weight is 432 g/mol. The first-order chi connectivity index (χ1) is 15.5. The van der Waals surface area contributed by atoms with Crippen molar-refractivity contribution >= 4 is 17.5 Å². The Kier molecular flexibility index (Phi) is 5.44. The number of hydrogen-bond donors (Lipinski definition) is 0. The van der Waals surface area contributed by atoms with Gasteiger partial charge in [0.1, 0.15) is 0 Å². The van der Waals surface area contributed by atoms with Crippen LogP contribution in [0, 0.1) is 25.2 Å². The summed E-state index contributed by atoms with van der Waals surface area (Å²) in [6.07, 6.45) is 2.89. The zero-order valence-corrected chi connectivity index (χ0v) is 19.2. The highest BCUT2D eigenvalue weighted by Crippen LogP contribution is 2.60. The second-order valence-electron chi connectivity index (χ2n) is 9.86. The van der Waals surface area contributed by atoms with E-state index < -0.39 is 0 Å². The SMILES string of the molecule is Cc1ccc(C(=O)N2CCC3(CC2)CC3C(=O)N2CCN(c3ccccc3)CC2)cc1C. The predicted molar refractivity (Wildman–Crippen MR) is 127 cm³/mol. The van der Waals surface area contributed by atoms with Gasteiger partial charge in [0.15, 0.2) is 0 Å². The van der Waals surface area contributed by atoms with Gasteiger partial charge in [-0.05, 0) is 73.9 Å². The van der Waals surface area contributed by atoms with E-state index in [0.717, 1.165) is 69.7 Å². The minimum Gasteiger partial charge on any atom is -0.368 e. The number of piperidine rings is 1. The quantitative estimate of drug-likeness (QED) is 0.741. The van der Waals surface area contributed by atoms with Crippen LogP contribution in [0.1, 0.15) is 40.7 Å². The molecule has 3 aliphatic rings. The number of amides is 2. The maximum Gasteiger partial charge on any atom is 0.253 e. The smallest absolute Gasteiger partial charge is 0.253 e. The molecule has 168 valence electrons. The largest absolute Gasteiger partial charge is 0.368 e. The number of hydrogen-bond acceptors (Lipinski definition) is 3. The van der Waals surface area contributed by atoms with Crippen molar-refractivity contribution in [3.8, 4) is 0 Å². The molecule has 2 aromatic rings. The van der Waals surface area contributed by atoms with E-state index in [1.165, 1.54) is 11.3 Å². The Hall–Kier alpha value is -2.82. The van der Waals surface area contributed by atoms with E-state index in [1.807, 2.05) is 29.2 Å². The summed E-state index contributed by atoms with van der Waals surface area (Å²) >= 11 is 0. The molecule has 0 N–H and O–H groups in total. The summed E-state index contributed by atoms with van der Waals surface area (Å²) in [5, 5.41) is 0. The molecule has 3 fully saturated rings. The van der Waals surface area contributed by atoms with Crippen LogP contribution in [0.4, 0.5) is 5.69 Å². The lowest BCUT2D eigenvalue weighted by Crippen LogP contribution is -2.50. The van der Waals surface area contributed by atoms with Crippen LogP contribution in [0.5, 0.6) is 0 Å². The van der Waals surface area contributed by atoms with Gasteiger partial charge in [-0.3, -0.25) is 9.59 Å². The Morgan fingerprint density at radius 3 is 2.16 bits per heavy atom. The molecule has 1 saturated carbocycles. The van der Waals surface area contributed by atoms with Gasteiger partial charge in [-0.25, -0.2) is 0 Å². The number of benzene rings is 2. The summed E-state index contributed by atoms with van der Waals surface area (Å²) in [5.74, 6) is 0.625. The molecule has 2 heterocycles. The van der Waals surface area contributed by atoms with Crippen LogP contribution >= 0.6 is 0 Å². The number of carbonyl (C=O) groups excluding carboxylic acids is 2. The Labute approximate surface area is 191 Å². The first kappa shape index (κ1) is 21.0. The van der Waals surface area contributed by atoms with Crippen LogP contribution in [0.15, 0.2) is 48.5 Å². The second-order valence-corrected chi connectivity index (χ2v) is 9.86. The highest BCUT2D eigenvalue weighted by molar-refractivity contribution is 5.94. The summed E-state index contributed by atoms with van der Waals surface area (Å²) < 4.78 is 0. The van der Waals surface area contributed by atoms with E-state index in [-0.39, 0.29) is 17.2 Å². The van der Waals surface area contributed by atoms with Crippen LogP contribution in [-0.4, -0.2) is 60.9 Å². The van der Waals surface area contributed by atoms with Crippen molar-refractivity contribution < 1.29 is 9.59 Å². The van der Waals surface area contributed by atoms with Gasteiger partial charge in [0, 0.05) is 56.4 Å². The molecular weight excluding hydrogens is 398 g/mol. The summed E-state index contributed by atoms with van der Waals surface area (Å²) in [6, 6.07) is 16.4. The minimum absolute atomic E-state index is 0.128. The number of carbonyl (C=O) groups is 2. The normalized spacial score (nSPS) is 22.2. The van der Waals surface area contributed by atoms with Crippen LogP contribution in [0.25, 0.3) is 0 Å². The highest BCUT2D eigenvalue weighted by atomic mass is 16.2. The summed E-state index contributed by atoms with van der Waals surface area (Å²) in [5.41, 5.74) is 4.52. The van der Waals surface area contributed by atoms with Gasteiger partial charge in [-0.2, -0.15) is 0 Å². The molecule has 2 aromatic carbocycles. The molecule has 0 bridgehead atoms. The van der Waals surface area contributed by atoms with Crippen LogP contribution in [0.2, 0.25) is 0 Å². The number of anilines is 1. The second kappa shape index (κ2) is 8.27. The van der Waals surface area contributed by atoms with Gasteiger partial charge in [-0.15, -0.1) is 0 Å². The van der Waals surface area contributed by atoms with Crippen LogP contribution in [0.3, 0.4) is 0 Å². The predicted octanol–water partition coefficient (Wildman–Crippen LogP) is 3.89. The van der Waals surface area contributed by atoms with E-state index in [2.05, 4.69) is 47.9 Å². The number of likely N-dealkylation sites (tertiary alicyclic amines) is 1. The van der Waals surface area contributed by atoms with Crippen molar-refractivity contribution in [1.29, 1.82) is 0 Å². The number of para-hydroxylation sites is 1. The minimum atomic E-state index is 0.128. The molecule has 5 nitrogen and oxygen atoms in total. The van der Waals surface area contributed by atoms with Crippen molar-refractivity contribution in [2.24, 2.45) is 11.3 Å². The van der Waals surface area contributed by atoms with E-state index in [1.54, 1.807) is 0 Å². The fourth-order valence-corrected chi connectivity index (χ4v) is 5.51. The third kappa shape index (κ3) is 3.89. The van der Waals surface area contributed by atoms with E-state index in [0.29, 0.717) is 5.91 Å². The van der Waals surface area contributed by atoms with E-state index in [9.17, 15) is 9.59 Å². The third-order valence-corrected chi connectivity index (χ3v) is 8.00. The molecule has 2 aliphatic heterocycles. The zero-order valence-electron chi connectivity index (χ0n) is 19.2. The third-order valence-electron chi connectivity index (χ3n) is 8.00. The molecule has 1 unspecified atom stereocenters. The fourth-order valence-electron chi connectivity index (χ4n) is 5.51. The Bertz CT molecular complexity index is 1000. The first-order valence-electron chi connectivity index (χ1n) is 11.9. The van der Waals surface area contributed by atoms with Gasteiger partial charge in [0.05, 0.1) is 0 Å². The first-order valence-corrected chi connectivity index (χ1v) is 11.9. The van der Waals surface area contributed by atoms with Crippen molar-refractivity contribution in [3.05, 3.63) is 65.2 Å². The summed E-state index contributed by atoms with van der Waals surface area (Å²) in [7, 11) is 0. The van der Waals surface area contributed by atoms with Crippen molar-refractivity contribution in [3.63, 3.8) is 0 Å². The molecular formula is C27H33N3O2. The summed E-state index contributed by atoms with van der Waals surface area (Å²) in [6.45, 7) is 9.04. The Balaban J connectivity index is 1.14. The zero-order chi connectivity index (χ0) is 22.3. The maximum absolute atomic E-state index is 13.2. The van der Waals surface area contributed by atoms with Gasteiger partial charge in [-0.1, -0.05) is 24.3 Å². The summed E-state index contributed by atoms with van der Waals surface area (Å²) in [4.78, 5) is 32.6. The molecule has 0 aromatic heterocycles. The fraction of sp³-hybridized carbons (Fsp3) is 0.481. The highest BCUT2D eigenvalue weighted by Gasteiger charge is 2.59.